The van der Waals surface area contributed by atoms with Gasteiger partial charge in [0.2, 0.25) is 11.8 Å². The van der Waals surface area contributed by atoms with E-state index in [2.05, 4.69) is 26.6 Å². The third kappa shape index (κ3) is 4.86. The van der Waals surface area contributed by atoms with Crippen molar-refractivity contribution in [2.24, 2.45) is 0 Å². The maximum Gasteiger partial charge on any atom is 0.257 e. The first kappa shape index (κ1) is 29.4. The van der Waals surface area contributed by atoms with Crippen LogP contribution in [0.4, 0.5) is 10.2 Å². The molecule has 2 atom stereocenters. The fourth-order valence-electron chi connectivity index (χ4n) is 7.46. The zero-order chi connectivity index (χ0) is 32.5. The molecule has 12 heteroatoms. The molecule has 1 amide bonds. The van der Waals surface area contributed by atoms with Crippen LogP contribution in [0.3, 0.4) is 0 Å². The molecule has 1 aromatic carbocycles. The predicted octanol–water partition coefficient (Wildman–Crippen LogP) is 8.08. The number of thiophene rings is 1. The summed E-state index contributed by atoms with van der Waals surface area (Å²) in [7, 11) is 0. The number of halogens is 2. The highest BCUT2D eigenvalue weighted by Gasteiger charge is 2.45. The molecule has 1 aliphatic carbocycles. The van der Waals surface area contributed by atoms with Crippen molar-refractivity contribution < 1.29 is 13.6 Å². The van der Waals surface area contributed by atoms with Gasteiger partial charge in [0.1, 0.15) is 11.6 Å². The first-order valence-corrected chi connectivity index (χ1v) is 17.3. The molecular formula is C36H29ClFN7O2S. The number of rotatable bonds is 7. The highest BCUT2D eigenvalue weighted by atomic mass is 35.5. The Morgan fingerprint density at radius 1 is 1.04 bits per heavy atom. The minimum absolute atomic E-state index is 0.00911. The zero-order valence-electron chi connectivity index (χ0n) is 26.0. The lowest BCUT2D eigenvalue weighted by molar-refractivity contribution is 0.0776. The summed E-state index contributed by atoms with van der Waals surface area (Å²) in [5.41, 5.74) is 6.77. The van der Waals surface area contributed by atoms with Crippen molar-refractivity contribution >= 4 is 44.7 Å². The quantitative estimate of drug-likeness (QED) is 0.181. The van der Waals surface area contributed by atoms with Gasteiger partial charge in [-0.25, -0.2) is 9.37 Å². The summed E-state index contributed by atoms with van der Waals surface area (Å²) in [6.07, 6.45) is 8.26. The number of aryl methyl sites for hydroxylation is 4. The van der Waals surface area contributed by atoms with E-state index in [-0.39, 0.29) is 23.8 Å². The monoisotopic (exact) mass is 677 g/mol. The second-order valence-corrected chi connectivity index (χ2v) is 14.1. The van der Waals surface area contributed by atoms with Crippen LogP contribution in [0.25, 0.3) is 32.0 Å². The molecule has 9 nitrogen and oxygen atoms in total. The maximum absolute atomic E-state index is 14.2. The number of carbonyl (C=O) groups excluding carboxylic acids is 1. The summed E-state index contributed by atoms with van der Waals surface area (Å²) in [4.78, 5) is 31.7. The Labute approximate surface area is 284 Å². The van der Waals surface area contributed by atoms with Gasteiger partial charge in [0.05, 0.1) is 50.0 Å². The predicted molar refractivity (Wildman–Crippen MR) is 182 cm³/mol. The van der Waals surface area contributed by atoms with E-state index < -0.39 is 0 Å². The summed E-state index contributed by atoms with van der Waals surface area (Å²) in [5.74, 6) is 1.23. The summed E-state index contributed by atoms with van der Waals surface area (Å²) in [6.45, 7) is 2.45. The van der Waals surface area contributed by atoms with E-state index in [9.17, 15) is 9.18 Å². The van der Waals surface area contributed by atoms with Crippen LogP contribution in [-0.2, 0) is 19.3 Å². The van der Waals surface area contributed by atoms with Gasteiger partial charge >= 0.3 is 0 Å². The Kier molecular flexibility index (Phi) is 7.01. The van der Waals surface area contributed by atoms with Gasteiger partial charge in [0.25, 0.3) is 5.91 Å². The van der Waals surface area contributed by atoms with E-state index in [0.29, 0.717) is 47.3 Å². The third-order valence-corrected chi connectivity index (χ3v) is 11.0. The van der Waals surface area contributed by atoms with Crippen LogP contribution in [0, 0.1) is 12.7 Å². The highest BCUT2D eigenvalue weighted by Crippen LogP contribution is 2.50. The second kappa shape index (κ2) is 11.5. The molecule has 1 fully saturated rings. The molecular weight excluding hydrogens is 649 g/mol. The Hall–Kier alpha value is -4.74. The van der Waals surface area contributed by atoms with Crippen molar-refractivity contribution in [1.82, 2.24) is 30.0 Å². The molecule has 240 valence electrons. The summed E-state index contributed by atoms with van der Waals surface area (Å²) < 4.78 is 20.8. The number of amides is 1. The van der Waals surface area contributed by atoms with Crippen LogP contribution in [0.1, 0.15) is 75.8 Å². The van der Waals surface area contributed by atoms with Crippen molar-refractivity contribution in [1.29, 1.82) is 0 Å². The average molecular weight is 678 g/mol. The number of anilines is 1. The van der Waals surface area contributed by atoms with Gasteiger partial charge in [-0.05, 0) is 85.4 Å². The number of benzene rings is 1. The van der Waals surface area contributed by atoms with Crippen LogP contribution in [0.5, 0.6) is 0 Å². The van der Waals surface area contributed by atoms with Gasteiger partial charge in [0, 0.05) is 36.3 Å². The Balaban J connectivity index is 1.21. The number of nitrogens with one attached hydrogen (secondary N) is 1. The molecule has 48 heavy (non-hydrogen) atoms. The molecule has 9 rings (SSSR count). The normalized spacial score (nSPS) is 18.1. The fraction of sp³-hybridized carbons (Fsp3) is 0.278. The van der Waals surface area contributed by atoms with Gasteiger partial charge < -0.3 is 14.6 Å². The van der Waals surface area contributed by atoms with E-state index in [0.717, 1.165) is 80.2 Å². The van der Waals surface area contributed by atoms with Gasteiger partial charge in [-0.15, -0.1) is 21.5 Å². The highest BCUT2D eigenvalue weighted by molar-refractivity contribution is 7.23. The molecule has 0 radical (unpaired) electrons. The molecule has 0 spiro atoms. The molecule has 5 aromatic heterocycles. The Morgan fingerprint density at radius 2 is 1.92 bits per heavy atom. The van der Waals surface area contributed by atoms with Crippen LogP contribution >= 0.6 is 22.9 Å². The first-order valence-electron chi connectivity index (χ1n) is 16.1. The van der Waals surface area contributed by atoms with Crippen molar-refractivity contribution in [2.45, 2.75) is 57.5 Å². The number of hydrogen-bond acceptors (Lipinski definition) is 9. The van der Waals surface area contributed by atoms with Gasteiger partial charge in [-0.2, -0.15) is 0 Å². The number of nitrogens with zero attached hydrogens (tertiary/aromatic N) is 6. The summed E-state index contributed by atoms with van der Waals surface area (Å²) in [5, 5.41) is 13.9. The van der Waals surface area contributed by atoms with Crippen molar-refractivity contribution in [3.63, 3.8) is 0 Å². The van der Waals surface area contributed by atoms with Crippen molar-refractivity contribution in [2.75, 3.05) is 11.9 Å². The summed E-state index contributed by atoms with van der Waals surface area (Å²) >= 11 is 7.81. The maximum atomic E-state index is 14.2. The van der Waals surface area contributed by atoms with Gasteiger partial charge in [0.15, 0.2) is 0 Å². The minimum Gasteiger partial charge on any atom is -0.421 e. The second-order valence-electron chi connectivity index (χ2n) is 12.6. The minimum atomic E-state index is -0.274. The van der Waals surface area contributed by atoms with E-state index in [1.54, 1.807) is 42.8 Å². The molecule has 1 saturated heterocycles. The van der Waals surface area contributed by atoms with E-state index in [1.807, 2.05) is 17.0 Å². The smallest absolute Gasteiger partial charge is 0.257 e. The number of aromatic nitrogens is 5. The number of pyridine rings is 3. The van der Waals surface area contributed by atoms with Crippen LogP contribution < -0.4 is 5.32 Å². The molecule has 0 saturated carbocycles. The zero-order valence-corrected chi connectivity index (χ0v) is 27.5. The SMILES string of the molecule is Cc1nnc(-c2c(CCc3ccc(F)cc3)nc3c(c2-c2cc4ccnc(NC5CCc6cc(Cl)cnc65)c4s2)C(=O)N2CCC[C@@H]32)o1. The number of carbonyl (C=O) groups is 1. The molecule has 7 heterocycles. The average Bonchev–Trinajstić information content (AvgIpc) is 3.92. The summed E-state index contributed by atoms with van der Waals surface area (Å²) in [6, 6.07) is 12.6. The molecule has 0 bridgehead atoms. The molecule has 6 aromatic rings. The van der Waals surface area contributed by atoms with Crippen molar-refractivity contribution in [3.8, 4) is 21.9 Å². The fourth-order valence-corrected chi connectivity index (χ4v) is 8.80. The standard InChI is InChI=1S/C36H29ClFN7O2S/c1-18-43-44-35(47-18)28-24(10-6-19-4-8-23(38)9-5-19)41-32-26-3-2-14-45(26)36(46)30(32)29(28)27-16-21-12-13-39-34(33(21)48-27)42-25-11-7-20-15-22(37)17-40-31(20)25/h4-5,8-9,12-13,15-17,25-26H,2-3,6-7,10-11,14H2,1H3,(H,39,42)/t25?,26-/m0/s1. The van der Waals surface area contributed by atoms with Crippen LogP contribution in [0.15, 0.2) is 59.3 Å². The Morgan fingerprint density at radius 3 is 2.75 bits per heavy atom. The van der Waals surface area contributed by atoms with Crippen LogP contribution in [0.2, 0.25) is 5.02 Å². The van der Waals surface area contributed by atoms with Crippen LogP contribution in [-0.4, -0.2) is 42.5 Å². The molecule has 3 aliphatic rings. The first-order chi connectivity index (χ1) is 23.4. The van der Waals surface area contributed by atoms with E-state index in [1.165, 1.54) is 12.1 Å². The topological polar surface area (TPSA) is 110 Å². The molecule has 2 aliphatic heterocycles. The van der Waals surface area contributed by atoms with E-state index in [4.69, 9.17) is 26.0 Å². The molecule has 1 unspecified atom stereocenters. The van der Waals surface area contributed by atoms with Crippen molar-refractivity contribution in [3.05, 3.63) is 105 Å². The molecule has 1 N–H and O–H groups in total. The lowest BCUT2D eigenvalue weighted by atomic mass is 9.93. The van der Waals surface area contributed by atoms with Gasteiger partial charge in [-0.3, -0.25) is 14.8 Å². The largest absolute Gasteiger partial charge is 0.421 e. The van der Waals surface area contributed by atoms with Gasteiger partial charge in [-0.1, -0.05) is 23.7 Å². The lowest BCUT2D eigenvalue weighted by Gasteiger charge is -2.16. The Bertz CT molecular complexity index is 2250. The lowest BCUT2D eigenvalue weighted by Crippen LogP contribution is -2.22. The third-order valence-electron chi connectivity index (χ3n) is 9.64. The number of hydrogen-bond donors (Lipinski definition) is 1. The number of fused-ring (bicyclic) bond motifs is 5. The van der Waals surface area contributed by atoms with E-state index >= 15 is 0 Å².